The lowest BCUT2D eigenvalue weighted by atomic mass is 9.90. The number of amides is 1. The first-order valence-electron chi connectivity index (χ1n) is 9.43. The first kappa shape index (κ1) is 19.0. The van der Waals surface area contributed by atoms with Crippen LogP contribution >= 0.6 is 0 Å². The summed E-state index contributed by atoms with van der Waals surface area (Å²) in [5, 5.41) is 2.71. The topological polar surface area (TPSA) is 64.6 Å². The van der Waals surface area contributed by atoms with Crippen molar-refractivity contribution in [2.45, 2.75) is 39.0 Å². The van der Waals surface area contributed by atoms with E-state index in [2.05, 4.69) is 17.4 Å². The van der Waals surface area contributed by atoms with E-state index in [9.17, 15) is 9.59 Å². The van der Waals surface area contributed by atoms with Crippen molar-refractivity contribution in [2.24, 2.45) is 0 Å². The molecule has 142 valence electrons. The van der Waals surface area contributed by atoms with Gasteiger partial charge in [-0.05, 0) is 61.4 Å². The number of rotatable bonds is 7. The summed E-state index contributed by atoms with van der Waals surface area (Å²) < 4.78 is 10.6. The number of benzene rings is 2. The molecule has 0 aromatic heterocycles. The molecule has 0 unspecified atom stereocenters. The van der Waals surface area contributed by atoms with Crippen molar-refractivity contribution >= 4 is 17.6 Å². The van der Waals surface area contributed by atoms with Gasteiger partial charge in [0.15, 0.2) is 6.61 Å². The van der Waals surface area contributed by atoms with Crippen LogP contribution in [0.5, 0.6) is 5.75 Å². The Bertz CT molecular complexity index is 816. The predicted molar refractivity (Wildman–Crippen MR) is 104 cm³/mol. The average Bonchev–Trinajstić information content (AvgIpc) is 2.68. The van der Waals surface area contributed by atoms with Gasteiger partial charge in [-0.15, -0.1) is 0 Å². The smallest absolute Gasteiger partial charge is 0.310 e. The van der Waals surface area contributed by atoms with Gasteiger partial charge in [-0.25, -0.2) is 0 Å². The van der Waals surface area contributed by atoms with E-state index in [0.29, 0.717) is 18.0 Å². The largest absolute Gasteiger partial charge is 0.492 e. The van der Waals surface area contributed by atoms with Gasteiger partial charge in [0.05, 0.1) is 18.7 Å². The van der Waals surface area contributed by atoms with Crippen molar-refractivity contribution in [3.8, 4) is 5.75 Å². The number of esters is 1. The molecule has 0 spiro atoms. The number of fused-ring (bicyclic) bond motifs is 1. The van der Waals surface area contributed by atoms with E-state index in [1.54, 1.807) is 18.2 Å². The minimum absolute atomic E-state index is 0.177. The van der Waals surface area contributed by atoms with Gasteiger partial charge < -0.3 is 14.8 Å². The van der Waals surface area contributed by atoms with Crippen LogP contribution in [0.25, 0.3) is 0 Å². The third kappa shape index (κ3) is 5.33. The second-order valence-corrected chi connectivity index (χ2v) is 6.62. The number of nitrogens with one attached hydrogen (secondary N) is 1. The lowest BCUT2D eigenvalue weighted by molar-refractivity contribution is -0.146. The molecule has 0 radical (unpaired) electrons. The SMILES string of the molecule is CCOc1ccccc1NC(=O)COC(=O)Cc1ccc2c(c1)CCCC2. The molecule has 1 amide bonds. The van der Waals surface area contributed by atoms with Gasteiger partial charge in [0.1, 0.15) is 5.75 Å². The Hall–Kier alpha value is -2.82. The van der Waals surface area contributed by atoms with Gasteiger partial charge in [0.25, 0.3) is 5.91 Å². The molecule has 0 saturated heterocycles. The minimum atomic E-state index is -0.404. The predicted octanol–water partition coefficient (Wildman–Crippen LogP) is 3.69. The van der Waals surface area contributed by atoms with Crippen LogP contribution in [0.4, 0.5) is 5.69 Å². The van der Waals surface area contributed by atoms with E-state index in [1.165, 1.54) is 24.0 Å². The second kappa shape index (κ2) is 9.21. The van der Waals surface area contributed by atoms with Crippen LogP contribution in [0, 0.1) is 0 Å². The molecule has 0 heterocycles. The third-order valence-electron chi connectivity index (χ3n) is 4.59. The Labute approximate surface area is 159 Å². The monoisotopic (exact) mass is 367 g/mol. The van der Waals surface area contributed by atoms with Crippen LogP contribution in [-0.2, 0) is 33.6 Å². The fraction of sp³-hybridized carbons (Fsp3) is 0.364. The van der Waals surface area contributed by atoms with E-state index >= 15 is 0 Å². The summed E-state index contributed by atoms with van der Waals surface area (Å²) in [6, 6.07) is 13.3. The molecule has 1 aliphatic carbocycles. The maximum absolute atomic E-state index is 12.1. The number of aryl methyl sites for hydroxylation is 2. The van der Waals surface area contributed by atoms with Gasteiger partial charge in [-0.3, -0.25) is 9.59 Å². The lowest BCUT2D eigenvalue weighted by Gasteiger charge is -2.16. The van der Waals surface area contributed by atoms with Crippen molar-refractivity contribution in [1.29, 1.82) is 0 Å². The molecule has 5 heteroatoms. The summed E-state index contributed by atoms with van der Waals surface area (Å²) in [6.07, 6.45) is 4.79. The summed E-state index contributed by atoms with van der Waals surface area (Å²) >= 11 is 0. The van der Waals surface area contributed by atoms with Gasteiger partial charge in [0, 0.05) is 0 Å². The fourth-order valence-electron chi connectivity index (χ4n) is 3.30. The normalized spacial score (nSPS) is 12.8. The third-order valence-corrected chi connectivity index (χ3v) is 4.59. The van der Waals surface area contributed by atoms with Crippen molar-refractivity contribution in [2.75, 3.05) is 18.5 Å². The molecule has 2 aromatic carbocycles. The maximum Gasteiger partial charge on any atom is 0.310 e. The highest BCUT2D eigenvalue weighted by Gasteiger charge is 2.13. The summed E-state index contributed by atoms with van der Waals surface area (Å²) in [7, 11) is 0. The molecule has 0 atom stereocenters. The molecular formula is C22H25NO4. The van der Waals surface area contributed by atoms with Gasteiger partial charge in [0.2, 0.25) is 0 Å². The quantitative estimate of drug-likeness (QED) is 0.758. The standard InChI is InChI=1S/C22H25NO4/c1-2-26-20-10-6-5-9-19(20)23-21(24)15-27-22(25)14-16-11-12-17-7-3-4-8-18(17)13-16/h5-6,9-13H,2-4,7-8,14-15H2,1H3,(H,23,24). The number of ether oxygens (including phenoxy) is 2. The van der Waals surface area contributed by atoms with Crippen molar-refractivity contribution in [3.05, 3.63) is 59.2 Å². The zero-order valence-electron chi connectivity index (χ0n) is 15.6. The molecule has 1 N–H and O–H groups in total. The Morgan fingerprint density at radius 1 is 1.04 bits per heavy atom. The first-order valence-corrected chi connectivity index (χ1v) is 9.43. The molecule has 1 aliphatic rings. The second-order valence-electron chi connectivity index (χ2n) is 6.62. The van der Waals surface area contributed by atoms with Crippen molar-refractivity contribution in [1.82, 2.24) is 0 Å². The van der Waals surface area contributed by atoms with Crippen molar-refractivity contribution in [3.63, 3.8) is 0 Å². The Kier molecular flexibility index (Phi) is 6.47. The summed E-state index contributed by atoms with van der Waals surface area (Å²) in [4.78, 5) is 24.2. The minimum Gasteiger partial charge on any atom is -0.492 e. The summed E-state index contributed by atoms with van der Waals surface area (Å²) in [6.45, 7) is 2.06. The van der Waals surface area contributed by atoms with Gasteiger partial charge in [-0.1, -0.05) is 30.3 Å². The van der Waals surface area contributed by atoms with Crippen LogP contribution < -0.4 is 10.1 Å². The zero-order chi connectivity index (χ0) is 19.1. The lowest BCUT2D eigenvalue weighted by Crippen LogP contribution is -2.22. The summed E-state index contributed by atoms with van der Waals surface area (Å²) in [5.74, 6) is -0.200. The van der Waals surface area contributed by atoms with E-state index in [1.807, 2.05) is 19.1 Å². The highest BCUT2D eigenvalue weighted by Crippen LogP contribution is 2.24. The average molecular weight is 367 g/mol. The fourth-order valence-corrected chi connectivity index (χ4v) is 3.30. The Morgan fingerprint density at radius 2 is 1.81 bits per heavy atom. The molecule has 2 aromatic rings. The Morgan fingerprint density at radius 3 is 2.63 bits per heavy atom. The van der Waals surface area contributed by atoms with E-state index in [0.717, 1.165) is 18.4 Å². The maximum atomic E-state index is 12.1. The number of para-hydroxylation sites is 2. The number of carbonyl (C=O) groups is 2. The Balaban J connectivity index is 1.50. The van der Waals surface area contributed by atoms with Crippen LogP contribution in [0.1, 0.15) is 36.5 Å². The number of anilines is 1. The summed E-state index contributed by atoms with van der Waals surface area (Å²) in [5.41, 5.74) is 4.21. The van der Waals surface area contributed by atoms with Crippen LogP contribution in [-0.4, -0.2) is 25.1 Å². The molecule has 5 nitrogen and oxygen atoms in total. The van der Waals surface area contributed by atoms with E-state index in [4.69, 9.17) is 9.47 Å². The van der Waals surface area contributed by atoms with Gasteiger partial charge in [-0.2, -0.15) is 0 Å². The molecule has 0 fully saturated rings. The highest BCUT2D eigenvalue weighted by molar-refractivity contribution is 5.94. The number of hydrogen-bond acceptors (Lipinski definition) is 4. The van der Waals surface area contributed by atoms with Crippen LogP contribution in [0.3, 0.4) is 0 Å². The highest BCUT2D eigenvalue weighted by atomic mass is 16.5. The van der Waals surface area contributed by atoms with Gasteiger partial charge >= 0.3 is 5.97 Å². The number of carbonyl (C=O) groups excluding carboxylic acids is 2. The molecule has 0 bridgehead atoms. The number of hydrogen-bond donors (Lipinski definition) is 1. The molecule has 27 heavy (non-hydrogen) atoms. The van der Waals surface area contributed by atoms with Crippen LogP contribution in [0.2, 0.25) is 0 Å². The van der Waals surface area contributed by atoms with Crippen molar-refractivity contribution < 1.29 is 19.1 Å². The van der Waals surface area contributed by atoms with E-state index in [-0.39, 0.29) is 18.9 Å². The van der Waals surface area contributed by atoms with E-state index < -0.39 is 5.97 Å². The molecule has 3 rings (SSSR count). The molecule has 0 aliphatic heterocycles. The first-order chi connectivity index (χ1) is 13.2. The molecule has 0 saturated carbocycles. The zero-order valence-corrected chi connectivity index (χ0v) is 15.6. The molecular weight excluding hydrogens is 342 g/mol. The van der Waals surface area contributed by atoms with Crippen LogP contribution in [0.15, 0.2) is 42.5 Å².